The molecule has 0 fully saturated rings. The Kier molecular flexibility index (Phi) is 4.63. The van der Waals surface area contributed by atoms with E-state index in [2.05, 4.69) is 10.1 Å². The van der Waals surface area contributed by atoms with Crippen LogP contribution in [0, 0.1) is 0 Å². The van der Waals surface area contributed by atoms with Crippen LogP contribution in [0.2, 0.25) is 0 Å². The van der Waals surface area contributed by atoms with Crippen molar-refractivity contribution in [3.05, 3.63) is 23.8 Å². The third kappa shape index (κ3) is 3.86. The van der Waals surface area contributed by atoms with Crippen molar-refractivity contribution in [1.29, 1.82) is 0 Å². The number of esters is 1. The Hall–Kier alpha value is -1.75. The SMILES string of the molecule is COC(=O)CC(O)CNc1ccc2c(c1)CCCO2. The highest BCUT2D eigenvalue weighted by Crippen LogP contribution is 2.27. The van der Waals surface area contributed by atoms with Gasteiger partial charge in [-0.15, -0.1) is 0 Å². The lowest BCUT2D eigenvalue weighted by atomic mass is 10.1. The summed E-state index contributed by atoms with van der Waals surface area (Å²) in [6.07, 6.45) is 1.29. The van der Waals surface area contributed by atoms with Crippen molar-refractivity contribution in [2.75, 3.05) is 25.6 Å². The van der Waals surface area contributed by atoms with E-state index in [1.54, 1.807) is 0 Å². The molecule has 19 heavy (non-hydrogen) atoms. The van der Waals surface area contributed by atoms with Crippen LogP contribution >= 0.6 is 0 Å². The van der Waals surface area contributed by atoms with Crippen molar-refractivity contribution < 1.29 is 19.4 Å². The highest BCUT2D eigenvalue weighted by molar-refractivity contribution is 5.69. The molecule has 0 aromatic heterocycles. The van der Waals surface area contributed by atoms with Crippen molar-refractivity contribution in [3.8, 4) is 5.75 Å². The summed E-state index contributed by atoms with van der Waals surface area (Å²) in [5.74, 6) is 0.528. The number of aryl methyl sites for hydroxylation is 1. The molecule has 5 heteroatoms. The predicted molar refractivity (Wildman–Crippen MR) is 71.4 cm³/mol. The topological polar surface area (TPSA) is 67.8 Å². The number of rotatable bonds is 5. The Morgan fingerprint density at radius 3 is 3.21 bits per heavy atom. The molecule has 0 amide bonds. The van der Waals surface area contributed by atoms with Crippen LogP contribution in [-0.2, 0) is 16.0 Å². The van der Waals surface area contributed by atoms with E-state index in [4.69, 9.17) is 4.74 Å². The van der Waals surface area contributed by atoms with Crippen LogP contribution in [0.15, 0.2) is 18.2 Å². The predicted octanol–water partition coefficient (Wildman–Crippen LogP) is 1.35. The highest BCUT2D eigenvalue weighted by Gasteiger charge is 2.13. The molecular formula is C14H19NO4. The van der Waals surface area contributed by atoms with Gasteiger partial charge in [0.25, 0.3) is 0 Å². The summed E-state index contributed by atoms with van der Waals surface area (Å²) >= 11 is 0. The van der Waals surface area contributed by atoms with Gasteiger partial charge in [-0.05, 0) is 36.6 Å². The summed E-state index contributed by atoms with van der Waals surface area (Å²) < 4.78 is 10.0. The molecule has 0 saturated carbocycles. The Bertz CT molecular complexity index is 447. The molecule has 0 bridgehead atoms. The minimum Gasteiger partial charge on any atom is -0.493 e. The van der Waals surface area contributed by atoms with E-state index in [9.17, 15) is 9.90 Å². The fourth-order valence-electron chi connectivity index (χ4n) is 2.05. The number of aliphatic hydroxyl groups excluding tert-OH is 1. The van der Waals surface area contributed by atoms with Crippen LogP contribution in [0.4, 0.5) is 5.69 Å². The molecule has 104 valence electrons. The summed E-state index contributed by atoms with van der Waals surface area (Å²) in [4.78, 5) is 11.0. The molecule has 1 aromatic rings. The van der Waals surface area contributed by atoms with E-state index in [-0.39, 0.29) is 6.42 Å². The Morgan fingerprint density at radius 2 is 2.42 bits per heavy atom. The van der Waals surface area contributed by atoms with Crippen molar-refractivity contribution in [1.82, 2.24) is 0 Å². The average Bonchev–Trinajstić information content (AvgIpc) is 2.44. The van der Waals surface area contributed by atoms with Crippen molar-refractivity contribution in [2.45, 2.75) is 25.4 Å². The Labute approximate surface area is 112 Å². The molecular weight excluding hydrogens is 246 g/mol. The van der Waals surface area contributed by atoms with Crippen LogP contribution in [0.3, 0.4) is 0 Å². The first-order valence-electron chi connectivity index (χ1n) is 6.43. The zero-order chi connectivity index (χ0) is 13.7. The van der Waals surface area contributed by atoms with Gasteiger partial charge < -0.3 is 19.9 Å². The second-order valence-corrected chi connectivity index (χ2v) is 4.59. The number of methoxy groups -OCH3 is 1. The number of ether oxygens (including phenoxy) is 2. The lowest BCUT2D eigenvalue weighted by Crippen LogP contribution is -2.23. The van der Waals surface area contributed by atoms with Gasteiger partial charge in [-0.2, -0.15) is 0 Å². The molecule has 1 heterocycles. The number of anilines is 1. The monoisotopic (exact) mass is 265 g/mol. The molecule has 0 aliphatic carbocycles. The molecule has 0 spiro atoms. The largest absolute Gasteiger partial charge is 0.493 e. The van der Waals surface area contributed by atoms with E-state index < -0.39 is 12.1 Å². The molecule has 2 N–H and O–H groups in total. The van der Waals surface area contributed by atoms with E-state index >= 15 is 0 Å². The number of carbonyl (C=O) groups is 1. The summed E-state index contributed by atoms with van der Waals surface area (Å²) in [7, 11) is 1.31. The smallest absolute Gasteiger partial charge is 0.308 e. The van der Waals surface area contributed by atoms with E-state index in [1.807, 2.05) is 18.2 Å². The maximum absolute atomic E-state index is 11.0. The third-order valence-corrected chi connectivity index (χ3v) is 3.08. The summed E-state index contributed by atoms with van der Waals surface area (Å²) in [6, 6.07) is 5.87. The van der Waals surface area contributed by atoms with Gasteiger partial charge in [0, 0.05) is 12.2 Å². The maximum atomic E-state index is 11.0. The van der Waals surface area contributed by atoms with E-state index in [0.717, 1.165) is 30.9 Å². The first-order valence-corrected chi connectivity index (χ1v) is 6.43. The number of fused-ring (bicyclic) bond motifs is 1. The number of nitrogens with one attached hydrogen (secondary N) is 1. The van der Waals surface area contributed by atoms with Gasteiger partial charge in [0.15, 0.2) is 0 Å². The molecule has 5 nitrogen and oxygen atoms in total. The van der Waals surface area contributed by atoms with Gasteiger partial charge in [-0.25, -0.2) is 0 Å². The first kappa shape index (κ1) is 13.7. The summed E-state index contributed by atoms with van der Waals surface area (Å²) in [6.45, 7) is 1.09. The minimum absolute atomic E-state index is 0.00243. The van der Waals surface area contributed by atoms with Crippen molar-refractivity contribution >= 4 is 11.7 Å². The quantitative estimate of drug-likeness (QED) is 0.787. The molecule has 1 aliphatic rings. The third-order valence-electron chi connectivity index (χ3n) is 3.08. The maximum Gasteiger partial charge on any atom is 0.308 e. The van der Waals surface area contributed by atoms with E-state index in [1.165, 1.54) is 12.7 Å². The lowest BCUT2D eigenvalue weighted by molar-refractivity contribution is -0.142. The van der Waals surface area contributed by atoms with E-state index in [0.29, 0.717) is 6.54 Å². The second kappa shape index (κ2) is 6.43. The molecule has 1 aromatic carbocycles. The van der Waals surface area contributed by atoms with Crippen LogP contribution in [0.1, 0.15) is 18.4 Å². The molecule has 1 unspecified atom stereocenters. The Balaban J connectivity index is 1.87. The van der Waals surface area contributed by atoms with Crippen LogP contribution in [-0.4, -0.2) is 37.4 Å². The van der Waals surface area contributed by atoms with Gasteiger partial charge in [0.2, 0.25) is 0 Å². The molecule has 0 saturated heterocycles. The van der Waals surface area contributed by atoms with Crippen LogP contribution < -0.4 is 10.1 Å². The fourth-order valence-corrected chi connectivity index (χ4v) is 2.05. The molecule has 1 atom stereocenters. The molecule has 2 rings (SSSR count). The number of carbonyl (C=O) groups excluding carboxylic acids is 1. The number of hydrogen-bond acceptors (Lipinski definition) is 5. The van der Waals surface area contributed by atoms with Gasteiger partial charge in [-0.1, -0.05) is 0 Å². The molecule has 0 radical (unpaired) electrons. The highest BCUT2D eigenvalue weighted by atomic mass is 16.5. The number of benzene rings is 1. The Morgan fingerprint density at radius 1 is 1.58 bits per heavy atom. The normalized spacial score (nSPS) is 15.1. The van der Waals surface area contributed by atoms with Gasteiger partial charge in [0.05, 0.1) is 26.2 Å². The second-order valence-electron chi connectivity index (χ2n) is 4.59. The number of aliphatic hydroxyl groups is 1. The zero-order valence-electron chi connectivity index (χ0n) is 11.0. The summed E-state index contributed by atoms with van der Waals surface area (Å²) in [5, 5.41) is 12.8. The van der Waals surface area contributed by atoms with Crippen molar-refractivity contribution in [3.63, 3.8) is 0 Å². The first-order chi connectivity index (χ1) is 9.19. The van der Waals surface area contributed by atoms with Gasteiger partial charge in [0.1, 0.15) is 5.75 Å². The minimum atomic E-state index is -0.750. The van der Waals surface area contributed by atoms with Gasteiger partial charge >= 0.3 is 5.97 Å². The fraction of sp³-hybridized carbons (Fsp3) is 0.500. The molecule has 1 aliphatic heterocycles. The van der Waals surface area contributed by atoms with Crippen molar-refractivity contribution in [2.24, 2.45) is 0 Å². The lowest BCUT2D eigenvalue weighted by Gasteiger charge is -2.19. The van der Waals surface area contributed by atoms with Gasteiger partial charge in [-0.3, -0.25) is 4.79 Å². The number of hydrogen-bond donors (Lipinski definition) is 2. The standard InChI is InChI=1S/C14H19NO4/c1-18-14(17)8-12(16)9-15-11-4-5-13-10(7-11)3-2-6-19-13/h4-5,7,12,15-16H,2-3,6,8-9H2,1H3. The zero-order valence-corrected chi connectivity index (χ0v) is 11.0. The summed E-state index contributed by atoms with van der Waals surface area (Å²) in [5.41, 5.74) is 2.10. The average molecular weight is 265 g/mol. The van der Waals surface area contributed by atoms with Crippen LogP contribution in [0.25, 0.3) is 0 Å². The van der Waals surface area contributed by atoms with Crippen LogP contribution in [0.5, 0.6) is 5.75 Å².